The van der Waals surface area contributed by atoms with E-state index in [1.54, 1.807) is 30.3 Å². The van der Waals surface area contributed by atoms with E-state index in [9.17, 15) is 22.8 Å². The van der Waals surface area contributed by atoms with Gasteiger partial charge in [-0.15, -0.1) is 0 Å². The fourth-order valence-corrected chi connectivity index (χ4v) is 6.08. The van der Waals surface area contributed by atoms with Crippen LogP contribution >= 0.6 is 34.5 Å². The van der Waals surface area contributed by atoms with E-state index in [4.69, 9.17) is 37.4 Å². The number of carbonyl (C=O) groups is 1. The third kappa shape index (κ3) is 7.11. The number of carbonyl (C=O) groups excluding carboxylic acids is 1. The topological polar surface area (TPSA) is 79.1 Å². The number of allylic oxidation sites excluding steroid dienone is 1. The molecule has 0 bridgehead atoms. The molecule has 0 aliphatic carbocycles. The van der Waals surface area contributed by atoms with Gasteiger partial charge in [0.15, 0.2) is 22.0 Å². The summed E-state index contributed by atoms with van der Waals surface area (Å²) in [5, 5.41) is 0.905. The number of rotatable bonds is 9. The summed E-state index contributed by atoms with van der Waals surface area (Å²) in [5.41, 5.74) is -1.24. The number of halogens is 5. The van der Waals surface area contributed by atoms with Crippen LogP contribution < -0.4 is 24.4 Å². The maximum Gasteiger partial charge on any atom is 0.434 e. The predicted octanol–water partition coefficient (Wildman–Crippen LogP) is 6.63. The first-order valence-electron chi connectivity index (χ1n) is 13.7. The molecule has 0 radical (unpaired) electrons. The lowest BCUT2D eigenvalue weighted by atomic mass is 9.95. The molecule has 3 aromatic carbocycles. The monoisotopic (exact) mass is 676 g/mol. The van der Waals surface area contributed by atoms with Crippen molar-refractivity contribution in [2.24, 2.45) is 4.99 Å². The lowest BCUT2D eigenvalue weighted by Gasteiger charge is -2.26. The molecule has 5 rings (SSSR count). The maximum atomic E-state index is 14.3. The van der Waals surface area contributed by atoms with Gasteiger partial charge in [-0.05, 0) is 73.0 Å². The van der Waals surface area contributed by atoms with Crippen molar-refractivity contribution in [3.63, 3.8) is 0 Å². The zero-order chi connectivity index (χ0) is 32.3. The second-order valence-electron chi connectivity index (χ2n) is 9.67. The van der Waals surface area contributed by atoms with Crippen molar-refractivity contribution in [2.45, 2.75) is 32.7 Å². The molecule has 0 saturated heterocycles. The highest BCUT2D eigenvalue weighted by Crippen LogP contribution is 2.38. The molecule has 0 N–H and O–H groups in total. The van der Waals surface area contributed by atoms with Gasteiger partial charge in [0.25, 0.3) is 5.56 Å². The van der Waals surface area contributed by atoms with Crippen LogP contribution in [0.2, 0.25) is 10.0 Å². The van der Waals surface area contributed by atoms with E-state index in [2.05, 4.69) is 4.99 Å². The highest BCUT2D eigenvalue weighted by molar-refractivity contribution is 7.07. The largest absolute Gasteiger partial charge is 0.490 e. The van der Waals surface area contributed by atoms with Crippen LogP contribution in [0.15, 0.2) is 87.8 Å². The van der Waals surface area contributed by atoms with E-state index in [0.29, 0.717) is 33.7 Å². The summed E-state index contributed by atoms with van der Waals surface area (Å²) in [7, 11) is 0. The van der Waals surface area contributed by atoms with Crippen molar-refractivity contribution >= 4 is 46.6 Å². The van der Waals surface area contributed by atoms with E-state index in [1.165, 1.54) is 37.3 Å². The molecule has 13 heteroatoms. The molecule has 1 aromatic heterocycles. The normalized spacial score (nSPS) is 15.0. The standard InChI is InChI=1S/C32H25Cl2F3N2O5S/c1-3-42-24-15-18(8-13-23(24)44-17-19-6-5-7-22(34)14-19)16-25-29(40)39-27(20-9-11-21(33)12-10-20)26(30(41)43-4-2)28(32(35,36)37)38-31(39)45-25/h5-16,27H,3-4,17H2,1-2H3/b25-16-/t27-/m0/s1. The first kappa shape index (κ1) is 32.3. The minimum absolute atomic E-state index is 0.0920. The van der Waals surface area contributed by atoms with E-state index < -0.39 is 35.0 Å². The van der Waals surface area contributed by atoms with Crippen molar-refractivity contribution < 1.29 is 32.2 Å². The Balaban J connectivity index is 1.62. The molecule has 1 aliphatic heterocycles. The SMILES string of the molecule is CCOC(=O)C1=C(C(F)(F)F)N=c2s/c(=C\c3ccc(OCc4cccc(Cl)c4)c(OCC)c3)c(=O)n2[C@H]1c1ccc(Cl)cc1. The van der Waals surface area contributed by atoms with Crippen LogP contribution in [0, 0.1) is 0 Å². The number of benzene rings is 3. The molecule has 2 heterocycles. The fraction of sp³-hybridized carbons (Fsp3) is 0.219. The summed E-state index contributed by atoms with van der Waals surface area (Å²) < 4.78 is 60.9. The Morgan fingerprint density at radius 1 is 0.978 bits per heavy atom. The number of aromatic nitrogens is 1. The van der Waals surface area contributed by atoms with E-state index in [-0.39, 0.29) is 28.1 Å². The van der Waals surface area contributed by atoms with Gasteiger partial charge in [0, 0.05) is 10.0 Å². The molecule has 0 amide bonds. The maximum absolute atomic E-state index is 14.3. The van der Waals surface area contributed by atoms with Crippen molar-refractivity contribution in [3.8, 4) is 11.5 Å². The average molecular weight is 678 g/mol. The van der Waals surface area contributed by atoms with Crippen LogP contribution in [0.5, 0.6) is 11.5 Å². The van der Waals surface area contributed by atoms with Crippen molar-refractivity contribution in [3.05, 3.63) is 124 Å². The molecule has 0 fully saturated rings. The smallest absolute Gasteiger partial charge is 0.434 e. The van der Waals surface area contributed by atoms with Gasteiger partial charge in [-0.25, -0.2) is 9.79 Å². The van der Waals surface area contributed by atoms with Crippen molar-refractivity contribution in [1.82, 2.24) is 4.57 Å². The van der Waals surface area contributed by atoms with E-state index >= 15 is 0 Å². The summed E-state index contributed by atoms with van der Waals surface area (Å²) in [6.07, 6.45) is -3.48. The minimum atomic E-state index is -5.00. The van der Waals surface area contributed by atoms with Crippen LogP contribution in [0.4, 0.5) is 13.2 Å². The predicted molar refractivity (Wildman–Crippen MR) is 166 cm³/mol. The summed E-state index contributed by atoms with van der Waals surface area (Å²) in [6.45, 7) is 3.67. The Hall–Kier alpha value is -4.06. The van der Waals surface area contributed by atoms with Crippen LogP contribution in [0.25, 0.3) is 6.08 Å². The molecule has 1 aliphatic rings. The zero-order valence-electron chi connectivity index (χ0n) is 23.9. The molecule has 234 valence electrons. The van der Waals surface area contributed by atoms with Crippen LogP contribution in [0.1, 0.15) is 36.6 Å². The number of alkyl halides is 3. The lowest BCUT2D eigenvalue weighted by molar-refractivity contribution is -0.140. The Kier molecular flexibility index (Phi) is 9.71. The minimum Gasteiger partial charge on any atom is -0.490 e. The average Bonchev–Trinajstić information content (AvgIpc) is 3.30. The number of thiazole rings is 1. The molecule has 7 nitrogen and oxygen atoms in total. The highest BCUT2D eigenvalue weighted by Gasteiger charge is 2.45. The first-order valence-corrected chi connectivity index (χ1v) is 15.3. The number of ether oxygens (including phenoxy) is 3. The van der Waals surface area contributed by atoms with E-state index in [0.717, 1.165) is 21.5 Å². The van der Waals surface area contributed by atoms with Gasteiger partial charge in [-0.1, -0.05) is 64.9 Å². The Morgan fingerprint density at radius 3 is 2.40 bits per heavy atom. The van der Waals surface area contributed by atoms with Gasteiger partial charge in [0.05, 0.1) is 29.4 Å². The zero-order valence-corrected chi connectivity index (χ0v) is 26.2. The number of hydrogen-bond donors (Lipinski definition) is 0. The molecule has 0 unspecified atom stereocenters. The summed E-state index contributed by atoms with van der Waals surface area (Å²) >= 11 is 12.9. The molecule has 1 atom stereocenters. The van der Waals surface area contributed by atoms with E-state index in [1.807, 2.05) is 19.1 Å². The summed E-state index contributed by atoms with van der Waals surface area (Å²) in [4.78, 5) is 30.4. The number of nitrogens with zero attached hydrogens (tertiary/aromatic N) is 2. The Bertz CT molecular complexity index is 1950. The quantitative estimate of drug-likeness (QED) is 0.186. The van der Waals surface area contributed by atoms with Crippen molar-refractivity contribution in [2.75, 3.05) is 13.2 Å². The number of hydrogen-bond acceptors (Lipinski definition) is 7. The van der Waals surface area contributed by atoms with Gasteiger partial charge in [-0.3, -0.25) is 9.36 Å². The third-order valence-electron chi connectivity index (χ3n) is 6.63. The number of esters is 1. The third-order valence-corrected chi connectivity index (χ3v) is 8.10. The van der Waals surface area contributed by atoms with Gasteiger partial charge < -0.3 is 14.2 Å². The molecule has 0 spiro atoms. The molecular weight excluding hydrogens is 652 g/mol. The molecule has 4 aromatic rings. The van der Waals surface area contributed by atoms with Gasteiger partial charge >= 0.3 is 12.1 Å². The van der Waals surface area contributed by atoms with Gasteiger partial charge in [0.2, 0.25) is 0 Å². The molecule has 0 saturated carbocycles. The van der Waals surface area contributed by atoms with Crippen LogP contribution in [-0.2, 0) is 16.1 Å². The van der Waals surface area contributed by atoms with Gasteiger partial charge in [-0.2, -0.15) is 13.2 Å². The van der Waals surface area contributed by atoms with Gasteiger partial charge in [0.1, 0.15) is 6.61 Å². The summed E-state index contributed by atoms with van der Waals surface area (Å²) in [6, 6.07) is 16.6. The number of fused-ring (bicyclic) bond motifs is 1. The van der Waals surface area contributed by atoms with Crippen LogP contribution in [-0.4, -0.2) is 29.9 Å². The fourth-order valence-electron chi connectivity index (χ4n) is 4.74. The van der Waals surface area contributed by atoms with Crippen LogP contribution in [0.3, 0.4) is 0 Å². The van der Waals surface area contributed by atoms with Crippen molar-refractivity contribution in [1.29, 1.82) is 0 Å². The Labute approximate surface area is 269 Å². The lowest BCUT2D eigenvalue weighted by Crippen LogP contribution is -2.41. The molecule has 45 heavy (non-hydrogen) atoms. The summed E-state index contributed by atoms with van der Waals surface area (Å²) in [5.74, 6) is -0.367. The highest BCUT2D eigenvalue weighted by atomic mass is 35.5. The Morgan fingerprint density at radius 2 is 1.73 bits per heavy atom. The molecular formula is C32H25Cl2F3N2O5S. The first-order chi connectivity index (χ1) is 21.5. The second kappa shape index (κ2) is 13.5. The second-order valence-corrected chi connectivity index (χ2v) is 11.6.